The van der Waals surface area contributed by atoms with Crippen molar-refractivity contribution in [2.45, 2.75) is 65.5 Å². The molecule has 17 heavy (non-hydrogen) atoms. The molecule has 2 rings (SSSR count). The second kappa shape index (κ2) is 5.67. The number of fused-ring (bicyclic) bond motifs is 1. The third-order valence-corrected chi connectivity index (χ3v) is 3.60. The van der Waals surface area contributed by atoms with Crippen molar-refractivity contribution in [1.82, 2.24) is 10.5 Å². The summed E-state index contributed by atoms with van der Waals surface area (Å²) in [5.74, 6) is 1.97. The van der Waals surface area contributed by atoms with Crippen LogP contribution in [-0.4, -0.2) is 11.2 Å². The molecule has 1 aliphatic carbocycles. The van der Waals surface area contributed by atoms with Crippen LogP contribution in [0.2, 0.25) is 0 Å². The molecule has 3 nitrogen and oxygen atoms in total. The Balaban J connectivity index is 2.03. The monoisotopic (exact) mass is 236 g/mol. The van der Waals surface area contributed by atoms with E-state index in [4.69, 9.17) is 4.52 Å². The maximum absolute atomic E-state index is 5.46. The third kappa shape index (κ3) is 3.09. The summed E-state index contributed by atoms with van der Waals surface area (Å²) in [7, 11) is 0. The molecule has 0 amide bonds. The summed E-state index contributed by atoms with van der Waals surface area (Å²) in [6.45, 7) is 7.43. The molecule has 1 heterocycles. The average Bonchev–Trinajstić information content (AvgIpc) is 2.69. The van der Waals surface area contributed by atoms with Gasteiger partial charge in [0.05, 0.1) is 0 Å². The Morgan fingerprint density at radius 2 is 2.29 bits per heavy atom. The van der Waals surface area contributed by atoms with Gasteiger partial charge in [0.1, 0.15) is 11.5 Å². The summed E-state index contributed by atoms with van der Waals surface area (Å²) in [5, 5.41) is 7.65. The van der Waals surface area contributed by atoms with Crippen LogP contribution in [-0.2, 0) is 19.4 Å². The van der Waals surface area contributed by atoms with Crippen LogP contribution in [0.3, 0.4) is 0 Å². The maximum atomic E-state index is 5.46. The fraction of sp³-hybridized carbons (Fsp3) is 0.786. The minimum Gasteiger partial charge on any atom is -0.361 e. The van der Waals surface area contributed by atoms with Crippen LogP contribution in [0.4, 0.5) is 0 Å². The molecule has 0 bridgehead atoms. The van der Waals surface area contributed by atoms with Crippen LogP contribution in [0.1, 0.15) is 57.1 Å². The minimum absolute atomic E-state index is 0.498. The van der Waals surface area contributed by atoms with E-state index in [0.717, 1.165) is 30.3 Å². The lowest BCUT2D eigenvalue weighted by molar-refractivity contribution is 0.338. The van der Waals surface area contributed by atoms with E-state index in [-0.39, 0.29) is 0 Å². The Kier molecular flexibility index (Phi) is 4.21. The summed E-state index contributed by atoms with van der Waals surface area (Å²) in [6.07, 6.45) is 6.13. The van der Waals surface area contributed by atoms with Crippen LogP contribution >= 0.6 is 0 Å². The van der Waals surface area contributed by atoms with Gasteiger partial charge in [0.15, 0.2) is 0 Å². The van der Waals surface area contributed by atoms with Gasteiger partial charge in [0.25, 0.3) is 0 Å². The number of rotatable bonds is 5. The Hall–Kier alpha value is -0.830. The molecule has 1 unspecified atom stereocenters. The molecule has 0 saturated heterocycles. The number of nitrogens with one attached hydrogen (secondary N) is 1. The van der Waals surface area contributed by atoms with Crippen LogP contribution in [0.5, 0.6) is 0 Å². The minimum atomic E-state index is 0.498. The molecule has 1 aromatic heterocycles. The number of aryl methyl sites for hydroxylation is 1. The van der Waals surface area contributed by atoms with Gasteiger partial charge in [-0.05, 0) is 18.8 Å². The molecule has 0 fully saturated rings. The first-order valence-corrected chi connectivity index (χ1v) is 6.90. The van der Waals surface area contributed by atoms with Gasteiger partial charge in [-0.15, -0.1) is 0 Å². The van der Waals surface area contributed by atoms with Gasteiger partial charge in [0, 0.05) is 24.6 Å². The highest BCUT2D eigenvalue weighted by Gasteiger charge is 2.24. The molecule has 0 aromatic carbocycles. The predicted octanol–water partition coefficient (Wildman–Crippen LogP) is 3.08. The van der Waals surface area contributed by atoms with E-state index in [2.05, 4.69) is 31.2 Å². The third-order valence-electron chi connectivity index (χ3n) is 3.60. The Morgan fingerprint density at radius 3 is 3.00 bits per heavy atom. The van der Waals surface area contributed by atoms with E-state index in [1.165, 1.54) is 31.2 Å². The lowest BCUT2D eigenvalue weighted by Gasteiger charge is -2.20. The second-order valence-corrected chi connectivity index (χ2v) is 5.46. The lowest BCUT2D eigenvalue weighted by atomic mass is 9.84. The summed E-state index contributed by atoms with van der Waals surface area (Å²) < 4.78 is 5.46. The second-order valence-electron chi connectivity index (χ2n) is 5.46. The summed E-state index contributed by atoms with van der Waals surface area (Å²) in [6, 6.07) is 0.498. The van der Waals surface area contributed by atoms with Gasteiger partial charge in [-0.2, -0.15) is 0 Å². The van der Waals surface area contributed by atoms with E-state index in [0.29, 0.717) is 6.04 Å². The zero-order valence-corrected chi connectivity index (χ0v) is 11.3. The number of hydrogen-bond donors (Lipinski definition) is 1. The molecule has 0 saturated carbocycles. The number of aromatic nitrogens is 1. The molecule has 96 valence electrons. The largest absolute Gasteiger partial charge is 0.361 e. The highest BCUT2D eigenvalue weighted by atomic mass is 16.5. The van der Waals surface area contributed by atoms with Gasteiger partial charge < -0.3 is 9.84 Å². The van der Waals surface area contributed by atoms with Crippen molar-refractivity contribution >= 4 is 0 Å². The van der Waals surface area contributed by atoms with Crippen molar-refractivity contribution in [2.75, 3.05) is 0 Å². The first-order valence-electron chi connectivity index (χ1n) is 6.90. The number of hydrogen-bond acceptors (Lipinski definition) is 3. The number of nitrogens with zero attached hydrogens (tertiary/aromatic N) is 1. The molecular formula is C14H24N2O. The molecule has 0 aliphatic heterocycles. The highest BCUT2D eigenvalue weighted by Crippen LogP contribution is 2.30. The molecule has 1 aliphatic rings. The Bertz CT molecular complexity index is 357. The highest BCUT2D eigenvalue weighted by molar-refractivity contribution is 5.26. The van der Waals surface area contributed by atoms with Crippen molar-refractivity contribution in [1.29, 1.82) is 0 Å². The fourth-order valence-corrected chi connectivity index (χ4v) is 2.63. The standard InChI is InChI=1S/C14H24N2O/c1-4-5-11-6-7-14-12(8-11)13(16-17-14)9-15-10(2)3/h10-11,15H,4-9H2,1-3H3. The van der Waals surface area contributed by atoms with Crippen molar-refractivity contribution in [2.24, 2.45) is 5.92 Å². The van der Waals surface area contributed by atoms with Crippen LogP contribution in [0, 0.1) is 5.92 Å². The quantitative estimate of drug-likeness (QED) is 0.853. The SMILES string of the molecule is CCCC1CCc2onc(CNC(C)C)c2C1. The van der Waals surface area contributed by atoms with Crippen molar-refractivity contribution in [3.63, 3.8) is 0 Å². The van der Waals surface area contributed by atoms with Gasteiger partial charge >= 0.3 is 0 Å². The molecule has 0 spiro atoms. The van der Waals surface area contributed by atoms with E-state index < -0.39 is 0 Å². The average molecular weight is 236 g/mol. The van der Waals surface area contributed by atoms with Crippen molar-refractivity contribution in [3.8, 4) is 0 Å². The van der Waals surface area contributed by atoms with Crippen molar-refractivity contribution in [3.05, 3.63) is 17.0 Å². The molecule has 1 N–H and O–H groups in total. The Labute approximate surface area is 104 Å². The van der Waals surface area contributed by atoms with Crippen molar-refractivity contribution < 1.29 is 4.52 Å². The molecule has 1 atom stereocenters. The summed E-state index contributed by atoms with van der Waals surface area (Å²) >= 11 is 0. The van der Waals surface area contributed by atoms with E-state index in [1.807, 2.05) is 0 Å². The Morgan fingerprint density at radius 1 is 1.47 bits per heavy atom. The molecular weight excluding hydrogens is 212 g/mol. The lowest BCUT2D eigenvalue weighted by Crippen LogP contribution is -2.23. The van der Waals surface area contributed by atoms with Gasteiger partial charge in [-0.3, -0.25) is 0 Å². The summed E-state index contributed by atoms with van der Waals surface area (Å²) in [5.41, 5.74) is 2.53. The maximum Gasteiger partial charge on any atom is 0.140 e. The summed E-state index contributed by atoms with van der Waals surface area (Å²) in [4.78, 5) is 0. The first-order chi connectivity index (χ1) is 8.20. The first kappa shape index (κ1) is 12.6. The van der Waals surface area contributed by atoms with Crippen LogP contribution < -0.4 is 5.32 Å². The normalized spacial score (nSPS) is 19.6. The molecule has 1 aromatic rings. The molecule has 3 heteroatoms. The van der Waals surface area contributed by atoms with Gasteiger partial charge in [-0.1, -0.05) is 38.8 Å². The fourth-order valence-electron chi connectivity index (χ4n) is 2.63. The predicted molar refractivity (Wildman–Crippen MR) is 68.9 cm³/mol. The van der Waals surface area contributed by atoms with Crippen LogP contribution in [0.15, 0.2) is 4.52 Å². The zero-order chi connectivity index (χ0) is 12.3. The van der Waals surface area contributed by atoms with Gasteiger partial charge in [-0.25, -0.2) is 0 Å². The smallest absolute Gasteiger partial charge is 0.140 e. The molecule has 0 radical (unpaired) electrons. The van der Waals surface area contributed by atoms with Gasteiger partial charge in [0.2, 0.25) is 0 Å². The zero-order valence-electron chi connectivity index (χ0n) is 11.3. The van der Waals surface area contributed by atoms with E-state index in [1.54, 1.807) is 0 Å². The van der Waals surface area contributed by atoms with E-state index in [9.17, 15) is 0 Å². The van der Waals surface area contributed by atoms with E-state index >= 15 is 0 Å². The topological polar surface area (TPSA) is 38.1 Å². The van der Waals surface area contributed by atoms with Crippen LogP contribution in [0.25, 0.3) is 0 Å².